The zero-order valence-corrected chi connectivity index (χ0v) is 16.4. The number of nitrogens with zero attached hydrogens (tertiary/aromatic N) is 9. The van der Waals surface area contributed by atoms with Crippen molar-refractivity contribution in [2.24, 2.45) is 7.05 Å². The lowest BCUT2D eigenvalue weighted by Gasteiger charge is -2.35. The molecule has 0 N–H and O–H groups in total. The third-order valence-electron chi connectivity index (χ3n) is 6.09. The van der Waals surface area contributed by atoms with Gasteiger partial charge >= 0.3 is 0 Å². The van der Waals surface area contributed by atoms with Gasteiger partial charge in [0.25, 0.3) is 0 Å². The van der Waals surface area contributed by atoms with Gasteiger partial charge in [-0.3, -0.25) is 14.3 Å². The van der Waals surface area contributed by atoms with Crippen LogP contribution in [0.25, 0.3) is 11.0 Å². The molecule has 1 aliphatic carbocycles. The Labute approximate surface area is 164 Å². The number of rotatable bonds is 5. The van der Waals surface area contributed by atoms with Gasteiger partial charge in [-0.2, -0.15) is 10.2 Å². The third kappa shape index (κ3) is 3.34. The Balaban J connectivity index is 1.33. The number of hydrogen-bond donors (Lipinski definition) is 0. The van der Waals surface area contributed by atoms with Crippen molar-refractivity contribution in [2.45, 2.75) is 38.1 Å². The SMILES string of the molecule is Cn1ncc2c(N3CCN(CCn4cncn4)CC3)nc(C3CCCC3)nc21. The molecular weight excluding hydrogens is 354 g/mol. The minimum Gasteiger partial charge on any atom is -0.353 e. The van der Waals surface area contributed by atoms with Crippen molar-refractivity contribution < 1.29 is 0 Å². The molecule has 0 amide bonds. The van der Waals surface area contributed by atoms with E-state index in [-0.39, 0.29) is 0 Å². The number of anilines is 1. The van der Waals surface area contributed by atoms with Gasteiger partial charge in [-0.15, -0.1) is 0 Å². The number of hydrogen-bond acceptors (Lipinski definition) is 7. The maximum absolute atomic E-state index is 5.05. The predicted molar refractivity (Wildman–Crippen MR) is 106 cm³/mol. The Kier molecular flexibility index (Phi) is 4.67. The van der Waals surface area contributed by atoms with Crippen LogP contribution in [-0.2, 0) is 13.6 Å². The quantitative estimate of drug-likeness (QED) is 0.661. The Morgan fingerprint density at radius 2 is 1.82 bits per heavy atom. The van der Waals surface area contributed by atoms with Gasteiger partial charge in [0.2, 0.25) is 0 Å². The van der Waals surface area contributed by atoms with Crippen molar-refractivity contribution in [3.05, 3.63) is 24.7 Å². The zero-order chi connectivity index (χ0) is 18.9. The fraction of sp³-hybridized carbons (Fsp3) is 0.632. The molecule has 0 radical (unpaired) electrons. The second kappa shape index (κ2) is 7.46. The monoisotopic (exact) mass is 381 g/mol. The van der Waals surface area contributed by atoms with E-state index < -0.39 is 0 Å². The third-order valence-corrected chi connectivity index (χ3v) is 6.09. The van der Waals surface area contributed by atoms with E-state index in [1.807, 2.05) is 22.6 Å². The van der Waals surface area contributed by atoms with Gasteiger partial charge in [0.05, 0.1) is 18.1 Å². The highest BCUT2D eigenvalue weighted by atomic mass is 15.3. The summed E-state index contributed by atoms with van der Waals surface area (Å²) >= 11 is 0. The Morgan fingerprint density at radius 3 is 2.57 bits per heavy atom. The van der Waals surface area contributed by atoms with E-state index >= 15 is 0 Å². The van der Waals surface area contributed by atoms with Crippen LogP contribution in [0, 0.1) is 0 Å². The first-order chi connectivity index (χ1) is 13.8. The molecule has 1 saturated carbocycles. The Hall–Kier alpha value is -2.55. The average molecular weight is 381 g/mol. The summed E-state index contributed by atoms with van der Waals surface area (Å²) in [4.78, 5) is 18.8. The van der Waals surface area contributed by atoms with Crippen LogP contribution in [0.5, 0.6) is 0 Å². The van der Waals surface area contributed by atoms with Crippen molar-refractivity contribution in [1.82, 2.24) is 39.4 Å². The van der Waals surface area contributed by atoms with E-state index in [1.54, 1.807) is 12.7 Å². The van der Waals surface area contributed by atoms with Crippen molar-refractivity contribution in [3.63, 3.8) is 0 Å². The molecule has 4 heterocycles. The van der Waals surface area contributed by atoms with E-state index in [0.29, 0.717) is 5.92 Å². The first kappa shape index (κ1) is 17.5. The van der Waals surface area contributed by atoms with Gasteiger partial charge in [0.15, 0.2) is 5.65 Å². The summed E-state index contributed by atoms with van der Waals surface area (Å²) < 4.78 is 3.77. The number of fused-ring (bicyclic) bond motifs is 1. The van der Waals surface area contributed by atoms with Crippen molar-refractivity contribution in [2.75, 3.05) is 37.6 Å². The number of piperazine rings is 1. The van der Waals surface area contributed by atoms with E-state index in [0.717, 1.165) is 61.9 Å². The molecule has 0 bridgehead atoms. The maximum Gasteiger partial charge on any atom is 0.163 e. The van der Waals surface area contributed by atoms with Crippen LogP contribution in [0.3, 0.4) is 0 Å². The normalized spacial score (nSPS) is 19.1. The van der Waals surface area contributed by atoms with Crippen LogP contribution in [-0.4, -0.2) is 72.1 Å². The number of aromatic nitrogens is 7. The highest BCUT2D eigenvalue weighted by Crippen LogP contribution is 2.35. The lowest BCUT2D eigenvalue weighted by atomic mass is 10.1. The molecule has 1 aliphatic heterocycles. The summed E-state index contributed by atoms with van der Waals surface area (Å²) in [6, 6.07) is 0. The molecule has 3 aromatic rings. The molecule has 2 aliphatic rings. The van der Waals surface area contributed by atoms with Crippen LogP contribution in [0.15, 0.2) is 18.9 Å². The highest BCUT2D eigenvalue weighted by molar-refractivity contribution is 5.87. The predicted octanol–water partition coefficient (Wildman–Crippen LogP) is 1.43. The van der Waals surface area contributed by atoms with Gasteiger partial charge in [0.1, 0.15) is 24.3 Å². The highest BCUT2D eigenvalue weighted by Gasteiger charge is 2.26. The molecule has 9 nitrogen and oxygen atoms in total. The minimum absolute atomic E-state index is 0.502. The topological polar surface area (TPSA) is 80.8 Å². The van der Waals surface area contributed by atoms with Crippen LogP contribution >= 0.6 is 0 Å². The van der Waals surface area contributed by atoms with E-state index in [2.05, 4.69) is 25.0 Å². The molecule has 2 fully saturated rings. The van der Waals surface area contributed by atoms with E-state index in [1.165, 1.54) is 25.7 Å². The van der Waals surface area contributed by atoms with Crippen LogP contribution < -0.4 is 4.90 Å². The molecular formula is C19H27N9. The molecule has 148 valence electrons. The lowest BCUT2D eigenvalue weighted by molar-refractivity contribution is 0.244. The summed E-state index contributed by atoms with van der Waals surface area (Å²) in [5.74, 6) is 2.58. The molecule has 3 aromatic heterocycles. The first-order valence-corrected chi connectivity index (χ1v) is 10.3. The average Bonchev–Trinajstić information content (AvgIpc) is 3.49. The summed E-state index contributed by atoms with van der Waals surface area (Å²) in [5, 5.41) is 9.71. The second-order valence-electron chi connectivity index (χ2n) is 7.88. The standard InChI is InChI=1S/C19H27N9/c1-25-18-16(12-21-25)19(24-17(23-18)15-4-2-3-5-15)27-9-6-26(7-10-27)8-11-28-14-20-13-22-28/h12-15H,2-11H2,1H3. The molecule has 0 spiro atoms. The van der Waals surface area contributed by atoms with Crippen LogP contribution in [0.4, 0.5) is 5.82 Å². The lowest BCUT2D eigenvalue weighted by Crippen LogP contribution is -2.47. The second-order valence-corrected chi connectivity index (χ2v) is 7.88. The van der Waals surface area contributed by atoms with Crippen molar-refractivity contribution in [1.29, 1.82) is 0 Å². The Bertz CT molecular complexity index is 918. The van der Waals surface area contributed by atoms with Gasteiger partial charge in [-0.25, -0.2) is 15.0 Å². The van der Waals surface area contributed by atoms with Gasteiger partial charge in [-0.05, 0) is 12.8 Å². The summed E-state index contributed by atoms with van der Waals surface area (Å²) in [6.07, 6.45) is 10.3. The molecule has 5 rings (SSSR count). The maximum atomic E-state index is 5.05. The van der Waals surface area contributed by atoms with Crippen LogP contribution in [0.2, 0.25) is 0 Å². The zero-order valence-electron chi connectivity index (χ0n) is 16.4. The summed E-state index contributed by atoms with van der Waals surface area (Å²) in [6.45, 7) is 5.88. The fourth-order valence-electron chi connectivity index (χ4n) is 4.41. The van der Waals surface area contributed by atoms with Crippen molar-refractivity contribution in [3.8, 4) is 0 Å². The van der Waals surface area contributed by atoms with Gasteiger partial charge in [0, 0.05) is 45.7 Å². The molecule has 9 heteroatoms. The molecule has 0 aromatic carbocycles. The molecule has 1 saturated heterocycles. The van der Waals surface area contributed by atoms with Crippen molar-refractivity contribution >= 4 is 16.9 Å². The summed E-state index contributed by atoms with van der Waals surface area (Å²) in [5.41, 5.74) is 0.959. The largest absolute Gasteiger partial charge is 0.353 e. The molecule has 0 atom stereocenters. The minimum atomic E-state index is 0.502. The van der Waals surface area contributed by atoms with Gasteiger partial charge < -0.3 is 4.90 Å². The number of aryl methyl sites for hydroxylation is 1. The smallest absolute Gasteiger partial charge is 0.163 e. The first-order valence-electron chi connectivity index (χ1n) is 10.3. The van der Waals surface area contributed by atoms with Gasteiger partial charge in [-0.1, -0.05) is 12.8 Å². The summed E-state index contributed by atoms with van der Waals surface area (Å²) in [7, 11) is 1.97. The van der Waals surface area contributed by atoms with E-state index in [9.17, 15) is 0 Å². The van der Waals surface area contributed by atoms with Crippen LogP contribution in [0.1, 0.15) is 37.4 Å². The Morgan fingerprint density at radius 1 is 1.00 bits per heavy atom. The molecule has 0 unspecified atom stereocenters. The molecule has 28 heavy (non-hydrogen) atoms. The van der Waals surface area contributed by atoms with E-state index in [4.69, 9.17) is 9.97 Å². The fourth-order valence-corrected chi connectivity index (χ4v) is 4.41.